The van der Waals surface area contributed by atoms with E-state index in [9.17, 15) is 4.39 Å². The van der Waals surface area contributed by atoms with Crippen LogP contribution in [0.3, 0.4) is 0 Å². The van der Waals surface area contributed by atoms with Gasteiger partial charge in [0.25, 0.3) is 0 Å². The Labute approximate surface area is 102 Å². The summed E-state index contributed by atoms with van der Waals surface area (Å²) in [5.41, 5.74) is 7.57. The first-order valence-electron chi connectivity index (χ1n) is 5.09. The Hall–Kier alpha value is -0.800. The Morgan fingerprint density at radius 2 is 2.00 bits per heavy atom. The zero-order valence-electron chi connectivity index (χ0n) is 9.87. The average molecular weight is 248 g/mol. The second-order valence-electron chi connectivity index (χ2n) is 3.92. The highest BCUT2D eigenvalue weighted by molar-refractivity contribution is 5.85. The highest BCUT2D eigenvalue weighted by Crippen LogP contribution is 2.28. The van der Waals surface area contributed by atoms with Crippen molar-refractivity contribution in [1.29, 1.82) is 0 Å². The molecule has 92 valence electrons. The van der Waals surface area contributed by atoms with Crippen LogP contribution in [-0.4, -0.2) is 13.8 Å². The molecule has 0 aromatic heterocycles. The molecule has 0 heterocycles. The van der Waals surface area contributed by atoms with Crippen molar-refractivity contribution in [3.63, 3.8) is 0 Å². The first-order chi connectivity index (χ1) is 7.10. The zero-order valence-corrected chi connectivity index (χ0v) is 10.7. The number of ether oxygens (including phenoxy) is 1. The van der Waals surface area contributed by atoms with Crippen LogP contribution >= 0.6 is 12.4 Å². The molecule has 0 radical (unpaired) electrons. The lowest BCUT2D eigenvalue weighted by molar-refractivity contribution is 0.388. The number of rotatable bonds is 4. The van der Waals surface area contributed by atoms with Crippen LogP contribution in [0.25, 0.3) is 0 Å². The topological polar surface area (TPSA) is 35.2 Å². The molecule has 0 unspecified atom stereocenters. The van der Waals surface area contributed by atoms with Crippen LogP contribution in [0, 0.1) is 0 Å². The molecule has 2 N–H and O–H groups in total. The summed E-state index contributed by atoms with van der Waals surface area (Å²) in [6.07, 6.45) is 0. The van der Waals surface area contributed by atoms with Gasteiger partial charge in [-0.1, -0.05) is 26.0 Å². The number of alkyl halides is 1. The van der Waals surface area contributed by atoms with Crippen molar-refractivity contribution in [2.45, 2.75) is 25.8 Å². The summed E-state index contributed by atoms with van der Waals surface area (Å²) in [5.74, 6) is 1.06. The number of nitrogens with two attached hydrogens (primary N) is 1. The predicted molar refractivity (Wildman–Crippen MR) is 67.2 cm³/mol. The van der Waals surface area contributed by atoms with Crippen LogP contribution in [0.5, 0.6) is 5.75 Å². The summed E-state index contributed by atoms with van der Waals surface area (Å²) >= 11 is 0. The van der Waals surface area contributed by atoms with Gasteiger partial charge in [0, 0.05) is 5.56 Å². The summed E-state index contributed by atoms with van der Waals surface area (Å²) < 4.78 is 17.7. The first kappa shape index (κ1) is 15.2. The molecule has 1 aromatic carbocycles. The minimum atomic E-state index is -0.598. The molecular weight excluding hydrogens is 229 g/mol. The Morgan fingerprint density at radius 3 is 2.44 bits per heavy atom. The largest absolute Gasteiger partial charge is 0.496 e. The lowest BCUT2D eigenvalue weighted by Gasteiger charge is -2.15. The third-order valence-corrected chi connectivity index (χ3v) is 2.49. The maximum absolute atomic E-state index is 12.5. The summed E-state index contributed by atoms with van der Waals surface area (Å²) in [6.45, 7) is 3.61. The van der Waals surface area contributed by atoms with E-state index in [0.717, 1.165) is 11.1 Å². The summed E-state index contributed by atoms with van der Waals surface area (Å²) in [4.78, 5) is 0. The van der Waals surface area contributed by atoms with E-state index in [2.05, 4.69) is 13.8 Å². The third kappa shape index (κ3) is 3.35. The number of halogens is 2. The SMILES string of the molecule is COc1ccc(C(C)C)cc1[C@H](N)CF.Cl. The van der Waals surface area contributed by atoms with Crippen LogP contribution in [0.1, 0.15) is 36.9 Å². The lowest BCUT2D eigenvalue weighted by Crippen LogP contribution is -2.14. The molecule has 0 aliphatic rings. The van der Waals surface area contributed by atoms with E-state index < -0.39 is 12.7 Å². The van der Waals surface area contributed by atoms with E-state index >= 15 is 0 Å². The van der Waals surface area contributed by atoms with Crippen molar-refractivity contribution in [2.24, 2.45) is 5.73 Å². The van der Waals surface area contributed by atoms with Gasteiger partial charge in [0.15, 0.2) is 0 Å². The number of methoxy groups -OCH3 is 1. The molecule has 0 spiro atoms. The van der Waals surface area contributed by atoms with Crippen molar-refractivity contribution in [3.05, 3.63) is 29.3 Å². The van der Waals surface area contributed by atoms with Crippen LogP contribution in [0.4, 0.5) is 4.39 Å². The van der Waals surface area contributed by atoms with E-state index in [1.54, 1.807) is 7.11 Å². The quantitative estimate of drug-likeness (QED) is 0.887. The summed E-state index contributed by atoms with van der Waals surface area (Å²) in [6, 6.07) is 5.16. The van der Waals surface area contributed by atoms with Crippen LogP contribution in [0.15, 0.2) is 18.2 Å². The second kappa shape index (κ2) is 6.71. The Bertz CT molecular complexity index is 331. The molecule has 0 aliphatic carbocycles. The first-order valence-corrected chi connectivity index (χ1v) is 5.09. The monoisotopic (exact) mass is 247 g/mol. The van der Waals surface area contributed by atoms with Gasteiger partial charge in [0.05, 0.1) is 13.2 Å². The predicted octanol–water partition coefficient (Wildman–Crippen LogP) is 3.21. The summed E-state index contributed by atoms with van der Waals surface area (Å²) in [5, 5.41) is 0. The van der Waals surface area contributed by atoms with Gasteiger partial charge in [-0.05, 0) is 17.5 Å². The van der Waals surface area contributed by atoms with Crippen molar-refractivity contribution in [1.82, 2.24) is 0 Å². The normalized spacial score (nSPS) is 12.1. The van der Waals surface area contributed by atoms with Crippen LogP contribution < -0.4 is 10.5 Å². The zero-order chi connectivity index (χ0) is 11.4. The fraction of sp³-hybridized carbons (Fsp3) is 0.500. The van der Waals surface area contributed by atoms with Gasteiger partial charge < -0.3 is 10.5 Å². The van der Waals surface area contributed by atoms with Crippen molar-refractivity contribution >= 4 is 12.4 Å². The van der Waals surface area contributed by atoms with Gasteiger partial charge >= 0.3 is 0 Å². The fourth-order valence-electron chi connectivity index (χ4n) is 1.48. The Kier molecular flexibility index (Phi) is 6.38. The number of hydrogen-bond acceptors (Lipinski definition) is 2. The van der Waals surface area contributed by atoms with E-state index in [1.807, 2.05) is 18.2 Å². The molecule has 0 saturated heterocycles. The van der Waals surface area contributed by atoms with Gasteiger partial charge in [0.1, 0.15) is 12.4 Å². The molecule has 0 aliphatic heterocycles. The molecule has 2 nitrogen and oxygen atoms in total. The Balaban J connectivity index is 0.00000225. The minimum Gasteiger partial charge on any atom is -0.496 e. The molecular formula is C12H19ClFNO. The number of benzene rings is 1. The van der Waals surface area contributed by atoms with Gasteiger partial charge in [-0.15, -0.1) is 12.4 Å². The molecule has 1 atom stereocenters. The van der Waals surface area contributed by atoms with Crippen LogP contribution in [0.2, 0.25) is 0 Å². The van der Waals surface area contributed by atoms with Crippen LogP contribution in [-0.2, 0) is 0 Å². The molecule has 1 aromatic rings. The smallest absolute Gasteiger partial charge is 0.123 e. The highest BCUT2D eigenvalue weighted by Gasteiger charge is 2.13. The van der Waals surface area contributed by atoms with Crippen molar-refractivity contribution in [3.8, 4) is 5.75 Å². The van der Waals surface area contributed by atoms with Gasteiger partial charge in [-0.3, -0.25) is 0 Å². The van der Waals surface area contributed by atoms with E-state index in [4.69, 9.17) is 10.5 Å². The maximum atomic E-state index is 12.5. The van der Waals surface area contributed by atoms with Gasteiger partial charge in [-0.25, -0.2) is 4.39 Å². The summed E-state index contributed by atoms with van der Waals surface area (Å²) in [7, 11) is 1.57. The third-order valence-electron chi connectivity index (χ3n) is 2.49. The molecule has 4 heteroatoms. The maximum Gasteiger partial charge on any atom is 0.123 e. The Morgan fingerprint density at radius 1 is 1.38 bits per heavy atom. The standard InChI is InChI=1S/C12H18FNO.ClH/c1-8(2)9-4-5-12(15-3)10(6-9)11(14)7-13;/h4-6,8,11H,7,14H2,1-3H3;1H/t11-;/m1./s1. The highest BCUT2D eigenvalue weighted by atomic mass is 35.5. The molecule has 0 fully saturated rings. The lowest BCUT2D eigenvalue weighted by atomic mass is 9.97. The van der Waals surface area contributed by atoms with Gasteiger partial charge in [-0.2, -0.15) is 0 Å². The second-order valence-corrected chi connectivity index (χ2v) is 3.92. The molecule has 0 amide bonds. The molecule has 0 bridgehead atoms. The van der Waals surface area contributed by atoms with E-state index in [0.29, 0.717) is 11.7 Å². The molecule has 16 heavy (non-hydrogen) atoms. The fourth-order valence-corrected chi connectivity index (χ4v) is 1.48. The van der Waals surface area contributed by atoms with Crippen molar-refractivity contribution in [2.75, 3.05) is 13.8 Å². The van der Waals surface area contributed by atoms with Crippen molar-refractivity contribution < 1.29 is 9.13 Å². The van der Waals surface area contributed by atoms with Gasteiger partial charge in [0.2, 0.25) is 0 Å². The minimum absolute atomic E-state index is 0. The van der Waals surface area contributed by atoms with E-state index in [-0.39, 0.29) is 12.4 Å². The molecule has 1 rings (SSSR count). The molecule has 0 saturated carbocycles. The average Bonchev–Trinajstić information content (AvgIpc) is 2.27. The number of hydrogen-bond donors (Lipinski definition) is 1. The van der Waals surface area contributed by atoms with E-state index in [1.165, 1.54) is 0 Å².